The molecule has 0 aliphatic carbocycles. The first-order valence-electron chi connectivity index (χ1n) is 9.80. The van der Waals surface area contributed by atoms with Gasteiger partial charge in [0.1, 0.15) is 0 Å². The van der Waals surface area contributed by atoms with E-state index in [1.54, 1.807) is 13.1 Å². The lowest BCUT2D eigenvalue weighted by Gasteiger charge is -2.25. The SMILES string of the molecule is CNC(=O)c1ccc(CC(CNC(=O)CC(C)c2ccccc2)N(C)C)cc1Cl. The van der Waals surface area contributed by atoms with Crippen molar-refractivity contribution in [3.05, 3.63) is 70.2 Å². The smallest absolute Gasteiger partial charge is 0.252 e. The van der Waals surface area contributed by atoms with Gasteiger partial charge in [-0.25, -0.2) is 0 Å². The number of hydrogen-bond acceptors (Lipinski definition) is 3. The van der Waals surface area contributed by atoms with E-state index in [4.69, 9.17) is 11.6 Å². The van der Waals surface area contributed by atoms with Crippen molar-refractivity contribution < 1.29 is 9.59 Å². The fraction of sp³-hybridized carbons (Fsp3) is 0.391. The zero-order valence-corrected chi connectivity index (χ0v) is 18.3. The topological polar surface area (TPSA) is 61.4 Å². The number of amides is 2. The maximum Gasteiger partial charge on any atom is 0.252 e. The number of nitrogens with zero attached hydrogens (tertiary/aromatic N) is 1. The van der Waals surface area contributed by atoms with Gasteiger partial charge in [0.2, 0.25) is 5.91 Å². The Labute approximate surface area is 178 Å². The second-order valence-electron chi connectivity index (χ2n) is 7.53. The highest BCUT2D eigenvalue weighted by atomic mass is 35.5. The van der Waals surface area contributed by atoms with Gasteiger partial charge in [0.05, 0.1) is 10.6 Å². The molecule has 0 fully saturated rings. The molecule has 2 aromatic rings. The Hall–Kier alpha value is -2.37. The lowest BCUT2D eigenvalue weighted by atomic mass is 9.97. The minimum Gasteiger partial charge on any atom is -0.355 e. The lowest BCUT2D eigenvalue weighted by Crippen LogP contribution is -2.41. The summed E-state index contributed by atoms with van der Waals surface area (Å²) in [4.78, 5) is 26.3. The summed E-state index contributed by atoms with van der Waals surface area (Å²) in [5, 5.41) is 6.07. The number of nitrogens with one attached hydrogen (secondary N) is 2. The van der Waals surface area contributed by atoms with Crippen LogP contribution in [0, 0.1) is 0 Å². The van der Waals surface area contributed by atoms with E-state index in [9.17, 15) is 9.59 Å². The maximum absolute atomic E-state index is 12.4. The van der Waals surface area contributed by atoms with E-state index in [-0.39, 0.29) is 23.8 Å². The third-order valence-corrected chi connectivity index (χ3v) is 5.41. The minimum atomic E-state index is -0.203. The van der Waals surface area contributed by atoms with Crippen molar-refractivity contribution in [1.29, 1.82) is 0 Å². The van der Waals surface area contributed by atoms with E-state index in [0.29, 0.717) is 23.6 Å². The quantitative estimate of drug-likeness (QED) is 0.659. The Balaban J connectivity index is 1.94. The molecule has 0 spiro atoms. The zero-order chi connectivity index (χ0) is 21.4. The van der Waals surface area contributed by atoms with Crippen LogP contribution in [0.5, 0.6) is 0 Å². The average molecular weight is 416 g/mol. The molecule has 0 bridgehead atoms. The molecule has 2 N–H and O–H groups in total. The van der Waals surface area contributed by atoms with Crippen LogP contribution in [-0.4, -0.2) is 50.4 Å². The summed E-state index contributed by atoms with van der Waals surface area (Å²) in [6, 6.07) is 15.6. The van der Waals surface area contributed by atoms with Gasteiger partial charge in [0, 0.05) is 26.1 Å². The highest BCUT2D eigenvalue weighted by Gasteiger charge is 2.17. The largest absolute Gasteiger partial charge is 0.355 e. The van der Waals surface area contributed by atoms with Gasteiger partial charge in [0.15, 0.2) is 0 Å². The summed E-state index contributed by atoms with van der Waals surface area (Å²) < 4.78 is 0. The van der Waals surface area contributed by atoms with Crippen LogP contribution in [0.15, 0.2) is 48.5 Å². The molecule has 2 rings (SSSR count). The van der Waals surface area contributed by atoms with E-state index in [1.807, 2.05) is 56.6 Å². The summed E-state index contributed by atoms with van der Waals surface area (Å²) in [6.07, 6.45) is 1.17. The molecule has 0 saturated heterocycles. The Kier molecular flexibility index (Phi) is 8.68. The van der Waals surface area contributed by atoms with Crippen molar-refractivity contribution in [2.45, 2.75) is 31.7 Å². The number of hydrogen-bond donors (Lipinski definition) is 2. The highest BCUT2D eigenvalue weighted by Crippen LogP contribution is 2.20. The van der Waals surface area contributed by atoms with Crippen molar-refractivity contribution in [3.63, 3.8) is 0 Å². The first-order chi connectivity index (χ1) is 13.8. The van der Waals surface area contributed by atoms with Crippen molar-refractivity contribution in [3.8, 4) is 0 Å². The highest BCUT2D eigenvalue weighted by molar-refractivity contribution is 6.33. The van der Waals surface area contributed by atoms with Crippen molar-refractivity contribution in [2.24, 2.45) is 0 Å². The first kappa shape index (κ1) is 22.9. The van der Waals surface area contributed by atoms with Crippen LogP contribution in [-0.2, 0) is 11.2 Å². The van der Waals surface area contributed by atoms with Gasteiger partial charge in [-0.05, 0) is 49.7 Å². The summed E-state index contributed by atoms with van der Waals surface area (Å²) in [5.41, 5.74) is 2.65. The molecule has 0 aliphatic rings. The second-order valence-corrected chi connectivity index (χ2v) is 7.94. The molecule has 6 heteroatoms. The molecule has 29 heavy (non-hydrogen) atoms. The first-order valence-corrected chi connectivity index (χ1v) is 10.2. The Morgan fingerprint density at radius 2 is 1.79 bits per heavy atom. The van der Waals surface area contributed by atoms with E-state index in [2.05, 4.69) is 22.5 Å². The molecule has 156 valence electrons. The van der Waals surface area contributed by atoms with Gasteiger partial charge in [-0.1, -0.05) is 54.9 Å². The number of carbonyl (C=O) groups is 2. The predicted molar refractivity (Wildman–Crippen MR) is 119 cm³/mol. The summed E-state index contributed by atoms with van der Waals surface area (Å²) in [5.74, 6) is 0.0109. The van der Waals surface area contributed by atoms with E-state index < -0.39 is 0 Å². The molecule has 0 radical (unpaired) electrons. The molecule has 0 heterocycles. The van der Waals surface area contributed by atoms with Crippen molar-refractivity contribution in [1.82, 2.24) is 15.5 Å². The average Bonchev–Trinajstić information content (AvgIpc) is 2.71. The van der Waals surface area contributed by atoms with Crippen LogP contribution < -0.4 is 10.6 Å². The van der Waals surface area contributed by atoms with Crippen LogP contribution in [0.3, 0.4) is 0 Å². The molecule has 0 aliphatic heterocycles. The van der Waals surface area contributed by atoms with Gasteiger partial charge >= 0.3 is 0 Å². The van der Waals surface area contributed by atoms with Crippen LogP contribution in [0.2, 0.25) is 5.02 Å². The number of benzene rings is 2. The van der Waals surface area contributed by atoms with Gasteiger partial charge in [0.25, 0.3) is 5.91 Å². The fourth-order valence-corrected chi connectivity index (χ4v) is 3.48. The Morgan fingerprint density at radius 1 is 1.10 bits per heavy atom. The Bertz CT molecular complexity index is 824. The van der Waals surface area contributed by atoms with Crippen molar-refractivity contribution >= 4 is 23.4 Å². The van der Waals surface area contributed by atoms with Gasteiger partial charge in [-0.3, -0.25) is 9.59 Å². The number of halogens is 1. The van der Waals surface area contributed by atoms with Gasteiger partial charge in [-0.2, -0.15) is 0 Å². The molecule has 0 aromatic heterocycles. The zero-order valence-electron chi connectivity index (χ0n) is 17.5. The normalized spacial score (nSPS) is 13.0. The number of carbonyl (C=O) groups excluding carboxylic acids is 2. The predicted octanol–water partition coefficient (Wildman–Crippen LogP) is 3.48. The number of rotatable bonds is 9. The molecule has 2 aromatic carbocycles. The molecule has 2 unspecified atom stereocenters. The minimum absolute atomic E-state index is 0.0428. The summed E-state index contributed by atoms with van der Waals surface area (Å²) in [7, 11) is 5.56. The van der Waals surface area contributed by atoms with E-state index >= 15 is 0 Å². The van der Waals surface area contributed by atoms with Gasteiger partial charge < -0.3 is 15.5 Å². The molecular formula is C23H30ClN3O2. The standard InChI is InChI=1S/C23H30ClN3O2/c1-16(18-8-6-5-7-9-18)12-22(28)26-15-19(27(3)4)13-17-10-11-20(21(24)14-17)23(29)25-2/h5-11,14,16,19H,12-13,15H2,1-4H3,(H,25,29)(H,26,28). The third-order valence-electron chi connectivity index (χ3n) is 5.10. The maximum atomic E-state index is 12.4. The summed E-state index contributed by atoms with van der Waals surface area (Å²) in [6.45, 7) is 2.61. The van der Waals surface area contributed by atoms with E-state index in [0.717, 1.165) is 17.5 Å². The Morgan fingerprint density at radius 3 is 2.38 bits per heavy atom. The monoisotopic (exact) mass is 415 g/mol. The van der Waals surface area contributed by atoms with Crippen LogP contribution in [0.1, 0.15) is 40.7 Å². The van der Waals surface area contributed by atoms with Crippen molar-refractivity contribution in [2.75, 3.05) is 27.7 Å². The fourth-order valence-electron chi connectivity index (χ4n) is 3.20. The van der Waals surface area contributed by atoms with Crippen LogP contribution in [0.25, 0.3) is 0 Å². The molecule has 5 nitrogen and oxygen atoms in total. The molecule has 2 atom stereocenters. The molecular weight excluding hydrogens is 386 g/mol. The molecule has 0 saturated carbocycles. The van der Waals surface area contributed by atoms with Gasteiger partial charge in [-0.15, -0.1) is 0 Å². The van der Waals surface area contributed by atoms with Crippen LogP contribution >= 0.6 is 11.6 Å². The van der Waals surface area contributed by atoms with E-state index in [1.165, 1.54) is 0 Å². The lowest BCUT2D eigenvalue weighted by molar-refractivity contribution is -0.121. The summed E-state index contributed by atoms with van der Waals surface area (Å²) >= 11 is 6.26. The second kappa shape index (κ2) is 11.0. The number of likely N-dealkylation sites (N-methyl/N-ethyl adjacent to an activating group) is 1. The third kappa shape index (κ3) is 6.87. The molecule has 2 amide bonds. The van der Waals surface area contributed by atoms with Crippen LogP contribution in [0.4, 0.5) is 0 Å².